The first-order valence-electron chi connectivity index (χ1n) is 7.61. The summed E-state index contributed by atoms with van der Waals surface area (Å²) in [5.41, 5.74) is 3.97. The Morgan fingerprint density at radius 1 is 1.17 bits per heavy atom. The molecule has 1 amide bonds. The number of rotatable bonds is 5. The average Bonchev–Trinajstić information content (AvgIpc) is 3.09. The van der Waals surface area contributed by atoms with E-state index in [-0.39, 0.29) is 12.5 Å². The highest BCUT2D eigenvalue weighted by atomic mass is 32.1. The highest BCUT2D eigenvalue weighted by molar-refractivity contribution is 7.13. The van der Waals surface area contributed by atoms with Gasteiger partial charge in [0, 0.05) is 22.8 Å². The molecule has 1 heterocycles. The number of nitrogens with one attached hydrogen (secondary N) is 1. The minimum Gasteiger partial charge on any atom is -0.483 e. The number of ether oxygens (including phenoxy) is 1. The smallest absolute Gasteiger partial charge is 0.262 e. The number of benzene rings is 2. The third-order valence-corrected chi connectivity index (χ3v) is 4.36. The van der Waals surface area contributed by atoms with E-state index in [1.54, 1.807) is 17.5 Å². The van der Waals surface area contributed by atoms with Gasteiger partial charge in [-0.3, -0.25) is 4.79 Å². The number of hydrogen-bond donors (Lipinski definition) is 1. The van der Waals surface area contributed by atoms with Gasteiger partial charge in [-0.1, -0.05) is 17.7 Å². The zero-order valence-corrected chi connectivity index (χ0v) is 14.4. The van der Waals surface area contributed by atoms with E-state index in [1.165, 1.54) is 5.56 Å². The maximum Gasteiger partial charge on any atom is 0.262 e. The fourth-order valence-electron chi connectivity index (χ4n) is 2.36. The second kappa shape index (κ2) is 7.27. The molecule has 0 atom stereocenters. The van der Waals surface area contributed by atoms with Crippen LogP contribution in [-0.4, -0.2) is 17.5 Å². The highest BCUT2D eigenvalue weighted by Gasteiger charge is 2.06. The number of carbonyl (C=O) groups is 1. The maximum absolute atomic E-state index is 12.0. The molecule has 0 bridgehead atoms. The van der Waals surface area contributed by atoms with Crippen LogP contribution < -0.4 is 10.1 Å². The normalized spacial score (nSPS) is 10.4. The van der Waals surface area contributed by atoms with Crippen LogP contribution in [0.3, 0.4) is 0 Å². The zero-order valence-electron chi connectivity index (χ0n) is 13.6. The number of aromatic nitrogens is 1. The van der Waals surface area contributed by atoms with Gasteiger partial charge >= 0.3 is 0 Å². The molecule has 0 spiro atoms. The summed E-state index contributed by atoms with van der Waals surface area (Å²) >= 11 is 1.59. The van der Waals surface area contributed by atoms with Crippen LogP contribution in [0, 0.1) is 13.8 Å². The average molecular weight is 338 g/mol. The summed E-state index contributed by atoms with van der Waals surface area (Å²) in [5, 5.41) is 5.74. The third kappa shape index (κ3) is 4.00. The van der Waals surface area contributed by atoms with Crippen LogP contribution in [0.4, 0.5) is 5.69 Å². The molecule has 0 saturated carbocycles. The standard InChI is InChI=1S/C19H18N2O2S/c1-13-3-8-17(14(2)11-13)23-12-18(22)21-16-6-4-15(5-7-16)19-20-9-10-24-19/h3-11H,12H2,1-2H3,(H,21,22). The summed E-state index contributed by atoms with van der Waals surface area (Å²) in [7, 11) is 0. The van der Waals surface area contributed by atoms with Crippen molar-refractivity contribution >= 4 is 22.9 Å². The molecule has 0 aliphatic rings. The molecule has 0 aliphatic carbocycles. The number of thiazole rings is 1. The van der Waals surface area contributed by atoms with Crippen LogP contribution in [0.5, 0.6) is 5.75 Å². The molecule has 0 fully saturated rings. The Labute approximate surface area is 145 Å². The van der Waals surface area contributed by atoms with Crippen LogP contribution >= 0.6 is 11.3 Å². The molecule has 3 rings (SSSR count). The van der Waals surface area contributed by atoms with Crippen molar-refractivity contribution in [2.45, 2.75) is 13.8 Å². The van der Waals surface area contributed by atoms with Crippen molar-refractivity contribution in [1.29, 1.82) is 0 Å². The molecule has 24 heavy (non-hydrogen) atoms. The number of nitrogens with zero attached hydrogens (tertiary/aromatic N) is 1. The minimum atomic E-state index is -0.183. The molecule has 2 aromatic carbocycles. The number of aryl methyl sites for hydroxylation is 2. The first kappa shape index (κ1) is 16.2. The Bertz CT molecular complexity index is 827. The number of amides is 1. The molecule has 0 saturated heterocycles. The minimum absolute atomic E-state index is 0.0157. The monoisotopic (exact) mass is 338 g/mol. The van der Waals surface area contributed by atoms with Gasteiger partial charge in [0.2, 0.25) is 0 Å². The summed E-state index contributed by atoms with van der Waals surface area (Å²) in [6.45, 7) is 3.98. The molecule has 3 aromatic rings. The molecule has 5 heteroatoms. The molecule has 1 N–H and O–H groups in total. The van der Waals surface area contributed by atoms with Gasteiger partial charge in [-0.15, -0.1) is 11.3 Å². The van der Waals surface area contributed by atoms with Gasteiger partial charge in [-0.25, -0.2) is 4.98 Å². The van der Waals surface area contributed by atoms with Crippen molar-refractivity contribution < 1.29 is 9.53 Å². The van der Waals surface area contributed by atoms with Crippen LogP contribution in [0.15, 0.2) is 54.0 Å². The van der Waals surface area contributed by atoms with E-state index in [0.717, 1.165) is 27.6 Å². The summed E-state index contributed by atoms with van der Waals surface area (Å²) < 4.78 is 5.59. The fraction of sp³-hybridized carbons (Fsp3) is 0.158. The van der Waals surface area contributed by atoms with E-state index in [9.17, 15) is 4.79 Å². The lowest BCUT2D eigenvalue weighted by molar-refractivity contribution is -0.118. The van der Waals surface area contributed by atoms with E-state index in [4.69, 9.17) is 4.74 Å². The summed E-state index contributed by atoms with van der Waals surface area (Å²) in [6.07, 6.45) is 1.78. The Morgan fingerprint density at radius 2 is 1.96 bits per heavy atom. The lowest BCUT2D eigenvalue weighted by Gasteiger charge is -2.10. The van der Waals surface area contributed by atoms with Crippen molar-refractivity contribution in [3.63, 3.8) is 0 Å². The summed E-state index contributed by atoms with van der Waals surface area (Å²) in [6, 6.07) is 13.5. The van der Waals surface area contributed by atoms with E-state index in [1.807, 2.05) is 61.7 Å². The van der Waals surface area contributed by atoms with Crippen molar-refractivity contribution in [2.24, 2.45) is 0 Å². The first-order valence-corrected chi connectivity index (χ1v) is 8.49. The summed E-state index contributed by atoms with van der Waals surface area (Å²) in [4.78, 5) is 16.3. The SMILES string of the molecule is Cc1ccc(OCC(=O)Nc2ccc(-c3nccs3)cc2)c(C)c1. The topological polar surface area (TPSA) is 51.2 Å². The van der Waals surface area contributed by atoms with Gasteiger partial charge in [0.25, 0.3) is 5.91 Å². The zero-order chi connectivity index (χ0) is 16.9. The number of anilines is 1. The van der Waals surface area contributed by atoms with E-state index in [0.29, 0.717) is 0 Å². The lowest BCUT2D eigenvalue weighted by Crippen LogP contribution is -2.20. The second-order valence-corrected chi connectivity index (χ2v) is 6.41. The van der Waals surface area contributed by atoms with Gasteiger partial charge < -0.3 is 10.1 Å². The second-order valence-electron chi connectivity index (χ2n) is 5.52. The third-order valence-electron chi connectivity index (χ3n) is 3.54. The Balaban J connectivity index is 1.56. The first-order chi connectivity index (χ1) is 11.6. The quantitative estimate of drug-likeness (QED) is 0.748. The van der Waals surface area contributed by atoms with Gasteiger partial charge in [0.1, 0.15) is 10.8 Å². The van der Waals surface area contributed by atoms with Crippen LogP contribution in [0.2, 0.25) is 0 Å². The molecule has 0 radical (unpaired) electrons. The molecular weight excluding hydrogens is 320 g/mol. The largest absolute Gasteiger partial charge is 0.483 e. The number of carbonyl (C=O) groups excluding carboxylic acids is 1. The van der Waals surface area contributed by atoms with Gasteiger partial charge in [0.05, 0.1) is 0 Å². The predicted octanol–water partition coefficient (Wildman–Crippen LogP) is 4.44. The van der Waals surface area contributed by atoms with Crippen LogP contribution in [-0.2, 0) is 4.79 Å². The van der Waals surface area contributed by atoms with Gasteiger partial charge in [0.15, 0.2) is 6.61 Å². The Morgan fingerprint density at radius 3 is 2.62 bits per heavy atom. The van der Waals surface area contributed by atoms with Crippen molar-refractivity contribution in [3.05, 3.63) is 65.2 Å². The summed E-state index contributed by atoms with van der Waals surface area (Å²) in [5.74, 6) is 0.548. The van der Waals surface area contributed by atoms with E-state index < -0.39 is 0 Å². The highest BCUT2D eigenvalue weighted by Crippen LogP contribution is 2.23. The molecule has 1 aromatic heterocycles. The van der Waals surface area contributed by atoms with Gasteiger partial charge in [-0.05, 0) is 49.7 Å². The van der Waals surface area contributed by atoms with Crippen LogP contribution in [0.25, 0.3) is 10.6 Å². The lowest BCUT2D eigenvalue weighted by atomic mass is 10.1. The fourth-order valence-corrected chi connectivity index (χ4v) is 3.01. The maximum atomic E-state index is 12.0. The molecule has 122 valence electrons. The number of hydrogen-bond acceptors (Lipinski definition) is 4. The molecular formula is C19H18N2O2S. The van der Waals surface area contributed by atoms with E-state index in [2.05, 4.69) is 10.3 Å². The Hall–Kier alpha value is -2.66. The molecule has 0 aliphatic heterocycles. The Kier molecular flexibility index (Phi) is 4.91. The molecule has 4 nitrogen and oxygen atoms in total. The predicted molar refractivity (Wildman–Crippen MR) is 97.6 cm³/mol. The molecule has 0 unspecified atom stereocenters. The van der Waals surface area contributed by atoms with Crippen molar-refractivity contribution in [3.8, 4) is 16.3 Å². The van der Waals surface area contributed by atoms with Gasteiger partial charge in [-0.2, -0.15) is 0 Å². The van der Waals surface area contributed by atoms with E-state index >= 15 is 0 Å². The van der Waals surface area contributed by atoms with Crippen molar-refractivity contribution in [1.82, 2.24) is 4.98 Å². The van der Waals surface area contributed by atoms with Crippen LogP contribution in [0.1, 0.15) is 11.1 Å². The van der Waals surface area contributed by atoms with Crippen molar-refractivity contribution in [2.75, 3.05) is 11.9 Å².